The van der Waals surface area contributed by atoms with Gasteiger partial charge in [0.05, 0.1) is 17.3 Å². The molecule has 1 atom stereocenters. The molecule has 0 bridgehead atoms. The summed E-state index contributed by atoms with van der Waals surface area (Å²) in [5.41, 5.74) is 4.21. The molecule has 0 aliphatic carbocycles. The molecular weight excluding hydrogens is 279 g/mol. The maximum absolute atomic E-state index is 13.5. The van der Waals surface area contributed by atoms with Crippen LogP contribution in [0.2, 0.25) is 0 Å². The lowest BCUT2D eigenvalue weighted by molar-refractivity contribution is -0.137. The first-order chi connectivity index (χ1) is 9.30. The molecule has 1 aromatic carbocycles. The minimum Gasteiger partial charge on any atom is -0.319 e. The number of hydrogen-bond donors (Lipinski definition) is 1. The van der Waals surface area contributed by atoms with Gasteiger partial charge in [-0.25, -0.2) is 8.78 Å². The molecule has 7 heteroatoms. The second-order valence-electron chi connectivity index (χ2n) is 4.08. The topological polar surface area (TPSA) is 38.9 Å². The van der Waals surface area contributed by atoms with Crippen molar-refractivity contribution < 1.29 is 22.0 Å². The summed E-state index contributed by atoms with van der Waals surface area (Å²) in [5.74, 6) is -1.75. The second-order valence-corrected chi connectivity index (χ2v) is 4.08. The number of aromatic nitrogens is 1. The fourth-order valence-electron chi connectivity index (χ4n) is 1.71. The van der Waals surface area contributed by atoms with Crippen LogP contribution in [0.1, 0.15) is 22.9 Å². The zero-order valence-corrected chi connectivity index (χ0v) is 9.96. The standard InChI is InChI=1S/C13H9F5N2/c14-8-2-1-3-9(15)11(8)12(19)10-5-4-7(6-20-10)13(16,17)18/h1-6,12H,19H2. The van der Waals surface area contributed by atoms with E-state index in [0.717, 1.165) is 24.3 Å². The van der Waals surface area contributed by atoms with E-state index in [0.29, 0.717) is 6.20 Å². The molecule has 1 unspecified atom stereocenters. The van der Waals surface area contributed by atoms with Gasteiger partial charge in [-0.1, -0.05) is 6.07 Å². The van der Waals surface area contributed by atoms with E-state index in [9.17, 15) is 22.0 Å². The molecule has 1 heterocycles. The van der Waals surface area contributed by atoms with Crippen LogP contribution in [0, 0.1) is 11.6 Å². The summed E-state index contributed by atoms with van der Waals surface area (Å²) in [6, 6.07) is 3.69. The summed E-state index contributed by atoms with van der Waals surface area (Å²) < 4.78 is 64.2. The molecule has 20 heavy (non-hydrogen) atoms. The zero-order valence-electron chi connectivity index (χ0n) is 9.96. The third-order valence-electron chi connectivity index (χ3n) is 2.74. The second kappa shape index (κ2) is 5.16. The van der Waals surface area contributed by atoms with Crippen molar-refractivity contribution in [2.75, 3.05) is 0 Å². The zero-order chi connectivity index (χ0) is 14.9. The van der Waals surface area contributed by atoms with Crippen molar-refractivity contribution in [2.45, 2.75) is 12.2 Å². The largest absolute Gasteiger partial charge is 0.417 e. The molecule has 0 saturated heterocycles. The number of halogens is 5. The van der Waals surface area contributed by atoms with Crippen LogP contribution in [0.4, 0.5) is 22.0 Å². The number of pyridine rings is 1. The van der Waals surface area contributed by atoms with E-state index in [-0.39, 0.29) is 5.69 Å². The molecule has 2 N–H and O–H groups in total. The van der Waals surface area contributed by atoms with Crippen molar-refractivity contribution in [3.05, 3.63) is 65.0 Å². The van der Waals surface area contributed by atoms with Gasteiger partial charge in [0.2, 0.25) is 0 Å². The van der Waals surface area contributed by atoms with Crippen LogP contribution in [0.3, 0.4) is 0 Å². The third-order valence-corrected chi connectivity index (χ3v) is 2.74. The highest BCUT2D eigenvalue weighted by Crippen LogP contribution is 2.30. The lowest BCUT2D eigenvalue weighted by Gasteiger charge is -2.14. The summed E-state index contributed by atoms with van der Waals surface area (Å²) in [7, 11) is 0. The molecular formula is C13H9F5N2. The van der Waals surface area contributed by atoms with Gasteiger partial charge in [-0.2, -0.15) is 13.2 Å². The fourth-order valence-corrected chi connectivity index (χ4v) is 1.71. The summed E-state index contributed by atoms with van der Waals surface area (Å²) in [6.45, 7) is 0. The molecule has 1 aromatic heterocycles. The summed E-state index contributed by atoms with van der Waals surface area (Å²) in [4.78, 5) is 3.53. The maximum Gasteiger partial charge on any atom is 0.417 e. The van der Waals surface area contributed by atoms with E-state index in [1.54, 1.807) is 0 Å². The van der Waals surface area contributed by atoms with Crippen LogP contribution < -0.4 is 5.73 Å². The summed E-state index contributed by atoms with van der Waals surface area (Å²) in [6.07, 6.45) is -3.95. The molecule has 2 aromatic rings. The van der Waals surface area contributed by atoms with Gasteiger partial charge in [0.25, 0.3) is 0 Å². The Hall–Kier alpha value is -2.02. The van der Waals surface area contributed by atoms with E-state index in [1.165, 1.54) is 6.07 Å². The molecule has 106 valence electrons. The minimum absolute atomic E-state index is 0.0537. The highest BCUT2D eigenvalue weighted by atomic mass is 19.4. The van der Waals surface area contributed by atoms with Gasteiger partial charge in [-0.3, -0.25) is 4.98 Å². The van der Waals surface area contributed by atoms with Gasteiger partial charge in [0, 0.05) is 11.8 Å². The van der Waals surface area contributed by atoms with Crippen LogP contribution in [0.25, 0.3) is 0 Å². The van der Waals surface area contributed by atoms with E-state index >= 15 is 0 Å². The van der Waals surface area contributed by atoms with Crippen molar-refractivity contribution in [3.63, 3.8) is 0 Å². The highest BCUT2D eigenvalue weighted by molar-refractivity contribution is 5.31. The van der Waals surface area contributed by atoms with Crippen LogP contribution in [0.15, 0.2) is 36.5 Å². The molecule has 0 fully saturated rings. The molecule has 0 spiro atoms. The predicted octanol–water partition coefficient (Wildman–Crippen LogP) is 3.43. The Kier molecular flexibility index (Phi) is 3.71. The van der Waals surface area contributed by atoms with Gasteiger partial charge in [-0.15, -0.1) is 0 Å². The molecule has 0 aliphatic rings. The van der Waals surface area contributed by atoms with Crippen molar-refractivity contribution in [3.8, 4) is 0 Å². The van der Waals surface area contributed by atoms with Crippen molar-refractivity contribution in [1.82, 2.24) is 4.98 Å². The number of nitrogens with two attached hydrogens (primary N) is 1. The molecule has 0 saturated carbocycles. The normalized spacial score (nSPS) is 13.3. The average Bonchev–Trinajstić information content (AvgIpc) is 2.37. The Morgan fingerprint density at radius 3 is 2.05 bits per heavy atom. The smallest absolute Gasteiger partial charge is 0.319 e. The van der Waals surface area contributed by atoms with E-state index in [2.05, 4.69) is 4.98 Å². The Morgan fingerprint density at radius 2 is 1.60 bits per heavy atom. The van der Waals surface area contributed by atoms with E-state index in [1.807, 2.05) is 0 Å². The molecule has 2 nitrogen and oxygen atoms in total. The first-order valence-corrected chi connectivity index (χ1v) is 5.53. The maximum atomic E-state index is 13.5. The minimum atomic E-state index is -4.53. The lowest BCUT2D eigenvalue weighted by atomic mass is 10.0. The first-order valence-electron chi connectivity index (χ1n) is 5.53. The first kappa shape index (κ1) is 14.4. The van der Waals surface area contributed by atoms with Crippen molar-refractivity contribution in [2.24, 2.45) is 5.73 Å². The predicted molar refractivity (Wildman–Crippen MR) is 61.6 cm³/mol. The van der Waals surface area contributed by atoms with Gasteiger partial charge in [0.15, 0.2) is 0 Å². The van der Waals surface area contributed by atoms with Crippen LogP contribution in [-0.4, -0.2) is 4.98 Å². The Morgan fingerprint density at radius 1 is 1.00 bits per heavy atom. The Bertz CT molecular complexity index is 587. The number of benzene rings is 1. The molecule has 0 amide bonds. The SMILES string of the molecule is NC(c1ccc(C(F)(F)F)cn1)c1c(F)cccc1F. The van der Waals surface area contributed by atoms with Crippen LogP contribution in [0.5, 0.6) is 0 Å². The van der Waals surface area contributed by atoms with Crippen molar-refractivity contribution >= 4 is 0 Å². The number of alkyl halides is 3. The quantitative estimate of drug-likeness (QED) is 0.860. The van der Waals surface area contributed by atoms with Gasteiger partial charge < -0.3 is 5.73 Å². The van der Waals surface area contributed by atoms with Gasteiger partial charge in [-0.05, 0) is 24.3 Å². The number of rotatable bonds is 2. The highest BCUT2D eigenvalue weighted by Gasteiger charge is 2.31. The van der Waals surface area contributed by atoms with E-state index in [4.69, 9.17) is 5.73 Å². The fraction of sp³-hybridized carbons (Fsp3) is 0.154. The average molecular weight is 288 g/mol. The molecule has 2 rings (SSSR count). The van der Waals surface area contributed by atoms with Gasteiger partial charge in [0.1, 0.15) is 11.6 Å². The third kappa shape index (κ3) is 2.77. The summed E-state index contributed by atoms with van der Waals surface area (Å²) >= 11 is 0. The summed E-state index contributed by atoms with van der Waals surface area (Å²) in [5, 5.41) is 0. The van der Waals surface area contributed by atoms with Crippen molar-refractivity contribution in [1.29, 1.82) is 0 Å². The number of nitrogens with zero attached hydrogens (tertiary/aromatic N) is 1. The monoisotopic (exact) mass is 288 g/mol. The molecule has 0 radical (unpaired) electrons. The van der Waals surface area contributed by atoms with Crippen LogP contribution >= 0.6 is 0 Å². The Balaban J connectivity index is 2.37. The lowest BCUT2D eigenvalue weighted by Crippen LogP contribution is -2.17. The Labute approximate surface area is 111 Å². The number of hydrogen-bond acceptors (Lipinski definition) is 2. The van der Waals surface area contributed by atoms with Gasteiger partial charge >= 0.3 is 6.18 Å². The molecule has 0 aliphatic heterocycles. The van der Waals surface area contributed by atoms with E-state index < -0.39 is 35.0 Å². The van der Waals surface area contributed by atoms with Crippen LogP contribution in [-0.2, 0) is 6.18 Å².